The fourth-order valence-corrected chi connectivity index (χ4v) is 3.91. The van der Waals surface area contributed by atoms with Crippen LogP contribution in [0.5, 0.6) is 5.75 Å². The van der Waals surface area contributed by atoms with Crippen LogP contribution in [0.2, 0.25) is 0 Å². The van der Waals surface area contributed by atoms with Gasteiger partial charge in [-0.05, 0) is 44.2 Å². The fraction of sp³-hybridized carbons (Fsp3) is 0.182. The van der Waals surface area contributed by atoms with Gasteiger partial charge in [0.05, 0.1) is 18.5 Å². The second-order valence-corrected chi connectivity index (χ2v) is 7.56. The average molecular weight is 420 g/mol. The number of hydrogen-bond donors (Lipinski definition) is 1. The van der Waals surface area contributed by atoms with Crippen LogP contribution in [0.15, 0.2) is 64.7 Å². The van der Waals surface area contributed by atoms with Gasteiger partial charge in [0.2, 0.25) is 0 Å². The van der Waals surface area contributed by atoms with Crippen LogP contribution in [0, 0.1) is 0 Å². The van der Waals surface area contributed by atoms with Gasteiger partial charge < -0.3 is 9.72 Å². The molecule has 0 saturated carbocycles. The molecule has 0 atom stereocenters. The molecule has 0 radical (unpaired) electrons. The Kier molecular flexibility index (Phi) is 5.67. The lowest BCUT2D eigenvalue weighted by Crippen LogP contribution is -2.10. The molecule has 4 rings (SSSR count). The third-order valence-electron chi connectivity index (χ3n) is 4.55. The van der Waals surface area contributed by atoms with Gasteiger partial charge in [-0.15, -0.1) is 0 Å². The highest BCUT2D eigenvalue weighted by molar-refractivity contribution is 7.98. The Hall–Kier alpha value is -3.39. The SMILES string of the molecule is CCOc1ccc(C(C)=O)cc1CSc1nc2c(cnn2-c2ccccc2)c(=O)[nH]1. The number of Topliss-reactive ketones (excluding diaryl/α,β-unsaturated/α-hetero) is 1. The van der Waals surface area contributed by atoms with Crippen molar-refractivity contribution in [3.63, 3.8) is 0 Å². The number of carbonyl (C=O) groups is 1. The summed E-state index contributed by atoms with van der Waals surface area (Å²) in [5, 5.41) is 5.22. The van der Waals surface area contributed by atoms with E-state index in [2.05, 4.69) is 15.1 Å². The van der Waals surface area contributed by atoms with E-state index < -0.39 is 0 Å². The first-order valence-corrected chi connectivity index (χ1v) is 10.5. The van der Waals surface area contributed by atoms with Crippen molar-refractivity contribution in [3.8, 4) is 11.4 Å². The molecule has 0 aliphatic heterocycles. The maximum atomic E-state index is 12.5. The molecule has 152 valence electrons. The van der Waals surface area contributed by atoms with E-state index in [4.69, 9.17) is 4.74 Å². The molecule has 4 aromatic rings. The van der Waals surface area contributed by atoms with Gasteiger partial charge in [0.1, 0.15) is 11.1 Å². The average Bonchev–Trinajstić information content (AvgIpc) is 3.18. The number of benzene rings is 2. The van der Waals surface area contributed by atoms with Crippen LogP contribution in [-0.2, 0) is 5.75 Å². The zero-order valence-electron chi connectivity index (χ0n) is 16.6. The molecule has 0 bridgehead atoms. The smallest absolute Gasteiger partial charge is 0.262 e. The van der Waals surface area contributed by atoms with Gasteiger partial charge in [-0.1, -0.05) is 30.0 Å². The lowest BCUT2D eigenvalue weighted by atomic mass is 10.1. The number of aromatic amines is 1. The lowest BCUT2D eigenvalue weighted by molar-refractivity contribution is 0.101. The number of ether oxygens (including phenoxy) is 1. The number of nitrogens with one attached hydrogen (secondary N) is 1. The van der Waals surface area contributed by atoms with Gasteiger partial charge in [-0.25, -0.2) is 9.67 Å². The van der Waals surface area contributed by atoms with Crippen molar-refractivity contribution in [2.75, 3.05) is 6.61 Å². The standard InChI is InChI=1S/C22H20N4O3S/c1-3-29-19-10-9-15(14(2)27)11-16(19)13-30-22-24-20-18(21(28)25-22)12-23-26(20)17-7-5-4-6-8-17/h4-12H,3,13H2,1-2H3,(H,24,25,28). The molecule has 2 aromatic heterocycles. The predicted octanol–water partition coefficient (Wildman–Crippen LogP) is 4.00. The van der Waals surface area contributed by atoms with Crippen LogP contribution in [0.3, 0.4) is 0 Å². The number of thioether (sulfide) groups is 1. The number of para-hydroxylation sites is 1. The van der Waals surface area contributed by atoms with Crippen molar-refractivity contribution in [1.29, 1.82) is 0 Å². The topological polar surface area (TPSA) is 89.9 Å². The van der Waals surface area contributed by atoms with Gasteiger partial charge in [0, 0.05) is 16.9 Å². The Morgan fingerprint density at radius 3 is 2.73 bits per heavy atom. The Morgan fingerprint density at radius 1 is 1.20 bits per heavy atom. The molecule has 2 heterocycles. The molecule has 2 aromatic carbocycles. The number of aromatic nitrogens is 4. The molecule has 0 unspecified atom stereocenters. The number of ketones is 1. The molecule has 0 spiro atoms. The quantitative estimate of drug-likeness (QED) is 0.276. The summed E-state index contributed by atoms with van der Waals surface area (Å²) < 4.78 is 7.34. The minimum Gasteiger partial charge on any atom is -0.494 e. The molecular weight excluding hydrogens is 400 g/mol. The Balaban J connectivity index is 1.67. The predicted molar refractivity (Wildman–Crippen MR) is 117 cm³/mol. The molecule has 0 aliphatic rings. The van der Waals surface area contributed by atoms with Crippen LogP contribution in [0.1, 0.15) is 29.8 Å². The Labute approximate surface area is 177 Å². The van der Waals surface area contributed by atoms with Crippen molar-refractivity contribution < 1.29 is 9.53 Å². The van der Waals surface area contributed by atoms with Crippen molar-refractivity contribution in [1.82, 2.24) is 19.7 Å². The van der Waals surface area contributed by atoms with Crippen molar-refractivity contribution in [3.05, 3.63) is 76.2 Å². The molecular formula is C22H20N4O3S. The second kappa shape index (κ2) is 8.54. The van der Waals surface area contributed by atoms with Crippen molar-refractivity contribution >= 4 is 28.6 Å². The summed E-state index contributed by atoms with van der Waals surface area (Å²) in [7, 11) is 0. The third-order valence-corrected chi connectivity index (χ3v) is 5.47. The molecule has 7 nitrogen and oxygen atoms in total. The number of carbonyl (C=O) groups excluding carboxylic acids is 1. The highest BCUT2D eigenvalue weighted by Crippen LogP contribution is 2.28. The molecule has 0 aliphatic carbocycles. The van der Waals surface area contributed by atoms with E-state index in [1.165, 1.54) is 24.9 Å². The van der Waals surface area contributed by atoms with Gasteiger partial charge in [0.25, 0.3) is 5.56 Å². The number of rotatable bonds is 7. The monoisotopic (exact) mass is 420 g/mol. The van der Waals surface area contributed by atoms with E-state index in [0.29, 0.717) is 39.9 Å². The minimum absolute atomic E-state index is 0.0102. The van der Waals surface area contributed by atoms with Gasteiger partial charge >= 0.3 is 0 Å². The number of fused-ring (bicyclic) bond motifs is 1. The first kappa shape index (κ1) is 19.9. The first-order valence-electron chi connectivity index (χ1n) is 9.49. The zero-order valence-corrected chi connectivity index (χ0v) is 17.4. The summed E-state index contributed by atoms with van der Waals surface area (Å²) in [6.07, 6.45) is 1.52. The molecule has 1 N–H and O–H groups in total. The maximum absolute atomic E-state index is 12.5. The van der Waals surface area contributed by atoms with E-state index in [1.807, 2.05) is 43.3 Å². The number of nitrogens with zero attached hydrogens (tertiary/aromatic N) is 3. The Bertz CT molecular complexity index is 1260. The van der Waals surface area contributed by atoms with Crippen LogP contribution in [0.25, 0.3) is 16.7 Å². The summed E-state index contributed by atoms with van der Waals surface area (Å²) in [5.74, 6) is 1.20. The van der Waals surface area contributed by atoms with Crippen LogP contribution in [-0.4, -0.2) is 32.1 Å². The van der Waals surface area contributed by atoms with E-state index >= 15 is 0 Å². The molecule has 0 saturated heterocycles. The Morgan fingerprint density at radius 2 is 2.00 bits per heavy atom. The van der Waals surface area contributed by atoms with Gasteiger partial charge in [-0.3, -0.25) is 9.59 Å². The fourth-order valence-electron chi connectivity index (χ4n) is 3.08. The zero-order chi connectivity index (χ0) is 21.1. The number of H-pyrrole nitrogens is 1. The largest absolute Gasteiger partial charge is 0.494 e. The van der Waals surface area contributed by atoms with Crippen molar-refractivity contribution in [2.24, 2.45) is 0 Å². The van der Waals surface area contributed by atoms with Gasteiger partial charge in [0.15, 0.2) is 16.6 Å². The third kappa shape index (κ3) is 3.99. The van der Waals surface area contributed by atoms with Crippen LogP contribution in [0.4, 0.5) is 0 Å². The van der Waals surface area contributed by atoms with E-state index in [1.54, 1.807) is 16.8 Å². The summed E-state index contributed by atoms with van der Waals surface area (Å²) in [5.41, 5.74) is 2.57. The minimum atomic E-state index is -0.243. The summed E-state index contributed by atoms with van der Waals surface area (Å²) >= 11 is 1.37. The van der Waals surface area contributed by atoms with Crippen LogP contribution >= 0.6 is 11.8 Å². The van der Waals surface area contributed by atoms with Gasteiger partial charge in [-0.2, -0.15) is 5.10 Å². The highest BCUT2D eigenvalue weighted by Gasteiger charge is 2.13. The lowest BCUT2D eigenvalue weighted by Gasteiger charge is -2.11. The summed E-state index contributed by atoms with van der Waals surface area (Å²) in [4.78, 5) is 31.7. The summed E-state index contributed by atoms with van der Waals surface area (Å²) in [6, 6.07) is 14.9. The van der Waals surface area contributed by atoms with E-state index in [0.717, 1.165) is 11.3 Å². The molecule has 8 heteroatoms. The van der Waals surface area contributed by atoms with Crippen molar-refractivity contribution in [2.45, 2.75) is 24.8 Å². The molecule has 0 fully saturated rings. The number of hydrogen-bond acceptors (Lipinski definition) is 6. The molecule has 0 amide bonds. The van der Waals surface area contributed by atoms with E-state index in [-0.39, 0.29) is 11.3 Å². The highest BCUT2D eigenvalue weighted by atomic mass is 32.2. The summed E-state index contributed by atoms with van der Waals surface area (Å²) in [6.45, 7) is 3.96. The normalized spacial score (nSPS) is 11.0. The maximum Gasteiger partial charge on any atom is 0.262 e. The second-order valence-electron chi connectivity index (χ2n) is 6.60. The molecule has 30 heavy (non-hydrogen) atoms. The van der Waals surface area contributed by atoms with E-state index in [9.17, 15) is 9.59 Å². The first-order chi connectivity index (χ1) is 14.6. The van der Waals surface area contributed by atoms with Crippen LogP contribution < -0.4 is 10.3 Å².